The monoisotopic (exact) mass is 295 g/mol. The summed E-state index contributed by atoms with van der Waals surface area (Å²) in [5.74, 6) is -1.20. The van der Waals surface area contributed by atoms with E-state index in [2.05, 4.69) is 14.9 Å². The Hall–Kier alpha value is -2.35. The number of sulfonamides is 1. The zero-order valence-corrected chi connectivity index (χ0v) is 11.7. The fourth-order valence-corrected chi connectivity index (χ4v) is 2.92. The highest BCUT2D eigenvalue weighted by Crippen LogP contribution is 2.25. The average Bonchev–Trinajstić information content (AvgIpc) is 2.86. The number of aromatic nitrogens is 2. The van der Waals surface area contributed by atoms with Crippen molar-refractivity contribution < 1.29 is 18.3 Å². The van der Waals surface area contributed by atoms with Crippen LogP contribution in [0.25, 0.3) is 0 Å². The van der Waals surface area contributed by atoms with Gasteiger partial charge in [-0.1, -0.05) is 6.07 Å². The van der Waals surface area contributed by atoms with Gasteiger partial charge in [0.25, 0.3) is 10.0 Å². The quantitative estimate of drug-likeness (QED) is 0.791. The fourth-order valence-electron chi connectivity index (χ4n) is 1.85. The minimum absolute atomic E-state index is 0.0534. The van der Waals surface area contributed by atoms with E-state index in [1.54, 1.807) is 19.9 Å². The van der Waals surface area contributed by atoms with E-state index >= 15 is 0 Å². The van der Waals surface area contributed by atoms with E-state index in [1.165, 1.54) is 18.3 Å². The number of H-pyrrole nitrogens is 1. The van der Waals surface area contributed by atoms with E-state index in [4.69, 9.17) is 0 Å². The van der Waals surface area contributed by atoms with Crippen LogP contribution < -0.4 is 4.72 Å². The first-order valence-electron chi connectivity index (χ1n) is 5.68. The molecule has 0 saturated carbocycles. The van der Waals surface area contributed by atoms with Gasteiger partial charge in [0, 0.05) is 0 Å². The predicted molar refractivity (Wildman–Crippen MR) is 72.3 cm³/mol. The van der Waals surface area contributed by atoms with E-state index in [0.717, 1.165) is 5.56 Å². The molecule has 0 amide bonds. The number of rotatable bonds is 4. The molecule has 106 valence electrons. The van der Waals surface area contributed by atoms with Gasteiger partial charge < -0.3 is 5.11 Å². The molecule has 1 aromatic carbocycles. The highest BCUT2D eigenvalue weighted by Gasteiger charge is 2.21. The van der Waals surface area contributed by atoms with Crippen molar-refractivity contribution in [2.75, 3.05) is 4.72 Å². The second kappa shape index (κ2) is 4.97. The largest absolute Gasteiger partial charge is 0.478 e. The van der Waals surface area contributed by atoms with Crippen LogP contribution in [0.15, 0.2) is 29.4 Å². The standard InChI is InChI=1S/C12H13N3O4S/c1-7-5-8(2)11(9(6-7)12(16)17)15-20(18,19)10-3-4-13-14-10/h3-6,15H,1-2H3,(H,13,14)(H,16,17). The van der Waals surface area contributed by atoms with Crippen molar-refractivity contribution in [3.05, 3.63) is 41.1 Å². The maximum absolute atomic E-state index is 12.1. The minimum atomic E-state index is -3.89. The second-order valence-electron chi connectivity index (χ2n) is 4.34. The number of hydrogen-bond acceptors (Lipinski definition) is 4. The van der Waals surface area contributed by atoms with Crippen LogP contribution in [0.3, 0.4) is 0 Å². The van der Waals surface area contributed by atoms with Gasteiger partial charge in [0.2, 0.25) is 0 Å². The Balaban J connectivity index is 2.52. The van der Waals surface area contributed by atoms with Gasteiger partial charge in [-0.15, -0.1) is 0 Å². The number of carboxylic acids is 1. The highest BCUT2D eigenvalue weighted by molar-refractivity contribution is 7.92. The first-order chi connectivity index (χ1) is 9.31. The lowest BCUT2D eigenvalue weighted by Crippen LogP contribution is -2.17. The van der Waals surface area contributed by atoms with Gasteiger partial charge in [-0.25, -0.2) is 4.79 Å². The molecule has 0 aliphatic carbocycles. The molecule has 0 fully saturated rings. The summed E-state index contributed by atoms with van der Waals surface area (Å²) in [4.78, 5) is 11.2. The molecule has 7 nitrogen and oxygen atoms in total. The van der Waals surface area contributed by atoms with Crippen molar-refractivity contribution in [2.24, 2.45) is 0 Å². The SMILES string of the molecule is Cc1cc(C)c(NS(=O)(=O)c2ccn[nH]2)c(C(=O)O)c1. The van der Waals surface area contributed by atoms with Crippen molar-refractivity contribution in [2.45, 2.75) is 18.9 Å². The van der Waals surface area contributed by atoms with E-state index in [9.17, 15) is 18.3 Å². The third kappa shape index (κ3) is 2.64. The van der Waals surface area contributed by atoms with Crippen molar-refractivity contribution in [1.82, 2.24) is 10.2 Å². The van der Waals surface area contributed by atoms with Crippen LogP contribution in [0.4, 0.5) is 5.69 Å². The van der Waals surface area contributed by atoms with Gasteiger partial charge in [0.1, 0.15) is 0 Å². The van der Waals surface area contributed by atoms with Gasteiger partial charge in [0.15, 0.2) is 5.03 Å². The first-order valence-corrected chi connectivity index (χ1v) is 7.16. The molecule has 20 heavy (non-hydrogen) atoms. The number of aryl methyl sites for hydroxylation is 2. The molecule has 0 saturated heterocycles. The Labute approximate surface area is 115 Å². The second-order valence-corrected chi connectivity index (χ2v) is 5.99. The summed E-state index contributed by atoms with van der Waals surface area (Å²) >= 11 is 0. The summed E-state index contributed by atoms with van der Waals surface area (Å²) in [5.41, 5.74) is 1.23. The van der Waals surface area contributed by atoms with Crippen LogP contribution >= 0.6 is 0 Å². The van der Waals surface area contributed by atoms with E-state index in [0.29, 0.717) is 5.56 Å². The molecule has 2 rings (SSSR count). The summed E-state index contributed by atoms with van der Waals surface area (Å²) in [6, 6.07) is 4.41. The molecular weight excluding hydrogens is 282 g/mol. The molecule has 2 aromatic rings. The lowest BCUT2D eigenvalue weighted by molar-refractivity contribution is 0.0698. The summed E-state index contributed by atoms with van der Waals surface area (Å²) in [6.07, 6.45) is 1.30. The minimum Gasteiger partial charge on any atom is -0.478 e. The average molecular weight is 295 g/mol. The molecule has 0 spiro atoms. The Morgan fingerprint density at radius 3 is 2.60 bits per heavy atom. The molecule has 0 radical (unpaired) electrons. The van der Waals surface area contributed by atoms with Crippen LogP contribution in [-0.2, 0) is 10.0 Å². The maximum Gasteiger partial charge on any atom is 0.337 e. The lowest BCUT2D eigenvalue weighted by atomic mass is 10.0. The van der Waals surface area contributed by atoms with Gasteiger partial charge in [-0.3, -0.25) is 9.82 Å². The maximum atomic E-state index is 12.1. The van der Waals surface area contributed by atoms with Crippen LogP contribution in [-0.4, -0.2) is 29.7 Å². The Morgan fingerprint density at radius 2 is 2.05 bits per heavy atom. The molecule has 1 heterocycles. The molecule has 0 atom stereocenters. The highest BCUT2D eigenvalue weighted by atomic mass is 32.2. The third-order valence-corrected chi connectivity index (χ3v) is 3.99. The first kappa shape index (κ1) is 14.1. The van der Waals surface area contributed by atoms with Crippen molar-refractivity contribution in [1.29, 1.82) is 0 Å². The molecule has 0 bridgehead atoms. The van der Waals surface area contributed by atoms with E-state index in [1.807, 2.05) is 0 Å². The molecule has 3 N–H and O–H groups in total. The summed E-state index contributed by atoms with van der Waals surface area (Å²) in [7, 11) is -3.89. The number of aromatic carboxylic acids is 1. The van der Waals surface area contributed by atoms with Gasteiger partial charge in [-0.2, -0.15) is 13.5 Å². The summed E-state index contributed by atoms with van der Waals surface area (Å²) < 4.78 is 26.5. The summed E-state index contributed by atoms with van der Waals surface area (Å²) in [5, 5.41) is 14.9. The van der Waals surface area contributed by atoms with Gasteiger partial charge in [-0.05, 0) is 37.1 Å². The van der Waals surface area contributed by atoms with Crippen molar-refractivity contribution in [3.63, 3.8) is 0 Å². The lowest BCUT2D eigenvalue weighted by Gasteiger charge is -2.13. The number of anilines is 1. The van der Waals surface area contributed by atoms with Crippen molar-refractivity contribution in [3.8, 4) is 0 Å². The predicted octanol–water partition coefficient (Wildman–Crippen LogP) is 1.53. The topological polar surface area (TPSA) is 112 Å². The normalized spacial score (nSPS) is 11.3. The van der Waals surface area contributed by atoms with Crippen LogP contribution in [0, 0.1) is 13.8 Å². The number of benzene rings is 1. The zero-order valence-electron chi connectivity index (χ0n) is 10.8. The Kier molecular flexibility index (Phi) is 3.49. The number of nitrogens with zero attached hydrogens (tertiary/aromatic N) is 1. The van der Waals surface area contributed by atoms with E-state index in [-0.39, 0.29) is 16.3 Å². The number of carbonyl (C=O) groups is 1. The Bertz CT molecular complexity index is 751. The van der Waals surface area contributed by atoms with Crippen LogP contribution in [0.1, 0.15) is 21.5 Å². The molecule has 0 unspecified atom stereocenters. The number of nitrogens with one attached hydrogen (secondary N) is 2. The van der Waals surface area contributed by atoms with Crippen molar-refractivity contribution >= 4 is 21.7 Å². The van der Waals surface area contributed by atoms with Gasteiger partial charge >= 0.3 is 5.97 Å². The molecule has 1 aromatic heterocycles. The molecular formula is C12H13N3O4S. The molecule has 8 heteroatoms. The summed E-state index contributed by atoms with van der Waals surface area (Å²) in [6.45, 7) is 3.39. The smallest absolute Gasteiger partial charge is 0.337 e. The zero-order chi connectivity index (χ0) is 14.9. The number of aromatic amines is 1. The van der Waals surface area contributed by atoms with E-state index < -0.39 is 16.0 Å². The molecule has 0 aliphatic rings. The Morgan fingerprint density at radius 1 is 1.35 bits per heavy atom. The number of carboxylic acid groups (broad SMARTS) is 1. The van der Waals surface area contributed by atoms with Crippen LogP contribution in [0.5, 0.6) is 0 Å². The van der Waals surface area contributed by atoms with Crippen LogP contribution in [0.2, 0.25) is 0 Å². The molecule has 0 aliphatic heterocycles. The number of hydrogen-bond donors (Lipinski definition) is 3. The van der Waals surface area contributed by atoms with Gasteiger partial charge in [0.05, 0.1) is 17.4 Å². The fraction of sp³-hybridized carbons (Fsp3) is 0.167. The third-order valence-electron chi connectivity index (χ3n) is 2.71.